The minimum atomic E-state index is 0.0896. The third kappa shape index (κ3) is 6.59. The molecule has 0 unspecified atom stereocenters. The van der Waals surface area contributed by atoms with Crippen LogP contribution in [0.5, 0.6) is 5.75 Å². The number of amides is 1. The van der Waals surface area contributed by atoms with Gasteiger partial charge in [-0.1, -0.05) is 54.6 Å². The number of rotatable bonds is 9. The van der Waals surface area contributed by atoms with Gasteiger partial charge in [-0.2, -0.15) is 0 Å². The van der Waals surface area contributed by atoms with Gasteiger partial charge in [0.15, 0.2) is 0 Å². The SMILES string of the molecule is COc1ccc(N2CCN(CCCNC(=O)Cc3ccc(-c4ccccc4)cc3)CC2)cc1. The Morgan fingerprint density at radius 2 is 1.52 bits per heavy atom. The molecular weight excluding hydrogens is 410 g/mol. The zero-order valence-corrected chi connectivity index (χ0v) is 19.4. The molecule has 0 spiro atoms. The second-order valence-electron chi connectivity index (χ2n) is 8.47. The molecule has 0 radical (unpaired) electrons. The summed E-state index contributed by atoms with van der Waals surface area (Å²) in [5, 5.41) is 3.07. The molecule has 5 nitrogen and oxygen atoms in total. The highest BCUT2D eigenvalue weighted by Gasteiger charge is 2.17. The number of hydrogen-bond donors (Lipinski definition) is 1. The van der Waals surface area contributed by atoms with Crippen LogP contribution in [0.15, 0.2) is 78.9 Å². The number of carbonyl (C=O) groups is 1. The summed E-state index contributed by atoms with van der Waals surface area (Å²) >= 11 is 0. The monoisotopic (exact) mass is 443 g/mol. The van der Waals surface area contributed by atoms with Crippen LogP contribution in [0, 0.1) is 0 Å². The van der Waals surface area contributed by atoms with Crippen molar-refractivity contribution in [2.24, 2.45) is 0 Å². The molecule has 1 aliphatic rings. The fourth-order valence-corrected chi connectivity index (χ4v) is 4.25. The van der Waals surface area contributed by atoms with Gasteiger partial charge in [0.05, 0.1) is 13.5 Å². The zero-order valence-electron chi connectivity index (χ0n) is 19.4. The number of piperazine rings is 1. The summed E-state index contributed by atoms with van der Waals surface area (Å²) in [4.78, 5) is 17.2. The van der Waals surface area contributed by atoms with Crippen molar-refractivity contribution in [3.63, 3.8) is 0 Å². The molecule has 33 heavy (non-hydrogen) atoms. The first-order chi connectivity index (χ1) is 16.2. The summed E-state index contributed by atoms with van der Waals surface area (Å²) in [7, 11) is 1.69. The predicted molar refractivity (Wildman–Crippen MR) is 135 cm³/mol. The molecule has 0 aromatic heterocycles. The summed E-state index contributed by atoms with van der Waals surface area (Å²) < 4.78 is 5.24. The third-order valence-electron chi connectivity index (χ3n) is 6.21. The lowest BCUT2D eigenvalue weighted by Crippen LogP contribution is -2.47. The van der Waals surface area contributed by atoms with Gasteiger partial charge in [-0.25, -0.2) is 0 Å². The summed E-state index contributed by atoms with van der Waals surface area (Å²) in [5.74, 6) is 0.982. The Bertz CT molecular complexity index is 996. The first kappa shape index (κ1) is 22.9. The minimum Gasteiger partial charge on any atom is -0.497 e. The van der Waals surface area contributed by atoms with Crippen LogP contribution in [0.25, 0.3) is 11.1 Å². The number of benzene rings is 3. The number of methoxy groups -OCH3 is 1. The maximum Gasteiger partial charge on any atom is 0.224 e. The molecule has 0 aliphatic carbocycles. The van der Waals surface area contributed by atoms with Crippen LogP contribution in [-0.4, -0.2) is 57.2 Å². The van der Waals surface area contributed by atoms with Gasteiger partial charge in [0, 0.05) is 38.4 Å². The van der Waals surface area contributed by atoms with Gasteiger partial charge in [-0.15, -0.1) is 0 Å². The largest absolute Gasteiger partial charge is 0.497 e. The number of hydrogen-bond acceptors (Lipinski definition) is 4. The smallest absolute Gasteiger partial charge is 0.224 e. The molecule has 5 heteroatoms. The molecule has 3 aromatic carbocycles. The van der Waals surface area contributed by atoms with E-state index in [1.165, 1.54) is 16.8 Å². The summed E-state index contributed by atoms with van der Waals surface area (Å²) in [6.45, 7) is 5.89. The molecule has 172 valence electrons. The van der Waals surface area contributed by atoms with Crippen LogP contribution < -0.4 is 15.0 Å². The van der Waals surface area contributed by atoms with E-state index in [0.717, 1.165) is 57.0 Å². The average Bonchev–Trinajstić information content (AvgIpc) is 2.88. The fraction of sp³-hybridized carbons (Fsp3) is 0.321. The van der Waals surface area contributed by atoms with Crippen LogP contribution >= 0.6 is 0 Å². The van der Waals surface area contributed by atoms with Gasteiger partial charge in [-0.05, 0) is 53.9 Å². The first-order valence-electron chi connectivity index (χ1n) is 11.7. The topological polar surface area (TPSA) is 44.8 Å². The van der Waals surface area contributed by atoms with Crippen molar-refractivity contribution >= 4 is 11.6 Å². The van der Waals surface area contributed by atoms with E-state index in [-0.39, 0.29) is 5.91 Å². The van der Waals surface area contributed by atoms with Crippen molar-refractivity contribution in [2.45, 2.75) is 12.8 Å². The van der Waals surface area contributed by atoms with E-state index in [9.17, 15) is 4.79 Å². The Hall–Kier alpha value is -3.31. The number of ether oxygens (including phenoxy) is 1. The Kier molecular flexibility index (Phi) is 7.99. The van der Waals surface area contributed by atoms with E-state index in [4.69, 9.17) is 4.74 Å². The van der Waals surface area contributed by atoms with Gasteiger partial charge < -0.3 is 15.0 Å². The maximum absolute atomic E-state index is 12.3. The van der Waals surface area contributed by atoms with Crippen molar-refractivity contribution in [1.82, 2.24) is 10.2 Å². The highest BCUT2D eigenvalue weighted by Crippen LogP contribution is 2.21. The van der Waals surface area contributed by atoms with E-state index >= 15 is 0 Å². The molecule has 1 fully saturated rings. The van der Waals surface area contributed by atoms with E-state index in [2.05, 4.69) is 51.5 Å². The Labute approximate surface area is 197 Å². The van der Waals surface area contributed by atoms with Crippen molar-refractivity contribution in [3.05, 3.63) is 84.4 Å². The van der Waals surface area contributed by atoms with Crippen LogP contribution in [0.4, 0.5) is 5.69 Å². The number of nitrogens with one attached hydrogen (secondary N) is 1. The summed E-state index contributed by atoms with van der Waals surface area (Å²) in [6.07, 6.45) is 1.40. The van der Waals surface area contributed by atoms with E-state index < -0.39 is 0 Å². The molecule has 3 aromatic rings. The average molecular weight is 444 g/mol. The molecule has 0 atom stereocenters. The summed E-state index contributed by atoms with van der Waals surface area (Å²) in [5.41, 5.74) is 4.66. The van der Waals surface area contributed by atoms with Crippen molar-refractivity contribution in [1.29, 1.82) is 0 Å². The fourth-order valence-electron chi connectivity index (χ4n) is 4.25. The lowest BCUT2D eigenvalue weighted by molar-refractivity contribution is -0.120. The molecule has 4 rings (SSSR count). The summed E-state index contributed by atoms with van der Waals surface area (Å²) in [6, 6.07) is 26.8. The number of anilines is 1. The van der Waals surface area contributed by atoms with Gasteiger partial charge in [0.2, 0.25) is 5.91 Å². The van der Waals surface area contributed by atoms with E-state index in [0.29, 0.717) is 6.42 Å². The highest BCUT2D eigenvalue weighted by atomic mass is 16.5. The standard InChI is InChI=1S/C28H33N3O2/c1-33-27-14-12-26(13-15-27)31-20-18-30(19-21-31)17-5-16-29-28(32)22-23-8-10-25(11-9-23)24-6-3-2-4-7-24/h2-4,6-15H,5,16-22H2,1H3,(H,29,32). The van der Waals surface area contributed by atoms with Gasteiger partial charge in [-0.3, -0.25) is 9.69 Å². The van der Waals surface area contributed by atoms with E-state index in [1.54, 1.807) is 7.11 Å². The second-order valence-corrected chi connectivity index (χ2v) is 8.47. The van der Waals surface area contributed by atoms with Crippen LogP contribution in [0.2, 0.25) is 0 Å². The maximum atomic E-state index is 12.3. The molecule has 1 amide bonds. The Morgan fingerprint density at radius 1 is 0.848 bits per heavy atom. The zero-order chi connectivity index (χ0) is 22.9. The van der Waals surface area contributed by atoms with Gasteiger partial charge >= 0.3 is 0 Å². The molecule has 0 bridgehead atoms. The highest BCUT2D eigenvalue weighted by molar-refractivity contribution is 5.78. The molecule has 1 aliphatic heterocycles. The lowest BCUT2D eigenvalue weighted by Gasteiger charge is -2.36. The van der Waals surface area contributed by atoms with Gasteiger partial charge in [0.1, 0.15) is 5.75 Å². The molecule has 1 heterocycles. The molecule has 0 saturated carbocycles. The Balaban J connectivity index is 1.12. The van der Waals surface area contributed by atoms with E-state index in [1.807, 2.05) is 42.5 Å². The molecule has 1 saturated heterocycles. The van der Waals surface area contributed by atoms with Crippen molar-refractivity contribution in [2.75, 3.05) is 51.3 Å². The molecule has 1 N–H and O–H groups in total. The first-order valence-corrected chi connectivity index (χ1v) is 11.7. The normalized spacial score (nSPS) is 14.2. The van der Waals surface area contributed by atoms with Crippen LogP contribution in [0.3, 0.4) is 0 Å². The number of nitrogens with zero attached hydrogens (tertiary/aromatic N) is 2. The molecular formula is C28H33N3O2. The van der Waals surface area contributed by atoms with Gasteiger partial charge in [0.25, 0.3) is 0 Å². The van der Waals surface area contributed by atoms with Crippen molar-refractivity contribution in [3.8, 4) is 16.9 Å². The third-order valence-corrected chi connectivity index (χ3v) is 6.21. The minimum absolute atomic E-state index is 0.0896. The predicted octanol–water partition coefficient (Wildman–Crippen LogP) is 4.23. The quantitative estimate of drug-likeness (QED) is 0.503. The Morgan fingerprint density at radius 3 is 2.18 bits per heavy atom. The van der Waals surface area contributed by atoms with Crippen LogP contribution in [-0.2, 0) is 11.2 Å². The number of carbonyl (C=O) groups excluding carboxylic acids is 1. The second kappa shape index (κ2) is 11.5. The van der Waals surface area contributed by atoms with Crippen LogP contribution in [0.1, 0.15) is 12.0 Å². The lowest BCUT2D eigenvalue weighted by atomic mass is 10.0. The van der Waals surface area contributed by atoms with Crippen molar-refractivity contribution < 1.29 is 9.53 Å².